The van der Waals surface area contributed by atoms with Crippen molar-refractivity contribution in [1.29, 1.82) is 0 Å². The lowest BCUT2D eigenvalue weighted by atomic mass is 10.2. The van der Waals surface area contributed by atoms with E-state index in [0.29, 0.717) is 28.6 Å². The fourth-order valence-electron chi connectivity index (χ4n) is 1.94. The SMILES string of the molecule is CCOC(=O)c1ccc(NC(=O)CCOc2ccccc2Cl)cc1. The average molecular weight is 348 g/mol. The van der Waals surface area contributed by atoms with Crippen molar-refractivity contribution in [3.8, 4) is 5.75 Å². The second kappa shape index (κ2) is 8.93. The summed E-state index contributed by atoms with van der Waals surface area (Å²) in [5.74, 6) is -0.0276. The van der Waals surface area contributed by atoms with E-state index in [9.17, 15) is 9.59 Å². The fourth-order valence-corrected chi connectivity index (χ4v) is 2.13. The van der Waals surface area contributed by atoms with Crippen LogP contribution >= 0.6 is 11.6 Å². The van der Waals surface area contributed by atoms with Gasteiger partial charge in [0.15, 0.2) is 0 Å². The first-order valence-corrected chi connectivity index (χ1v) is 7.92. The number of benzene rings is 2. The van der Waals surface area contributed by atoms with Gasteiger partial charge in [-0.1, -0.05) is 23.7 Å². The van der Waals surface area contributed by atoms with Crippen LogP contribution in [0.3, 0.4) is 0 Å². The molecule has 2 aromatic rings. The molecule has 0 fully saturated rings. The predicted molar refractivity (Wildman–Crippen MR) is 92.6 cm³/mol. The Hall–Kier alpha value is -2.53. The Balaban J connectivity index is 1.80. The number of nitrogens with one attached hydrogen (secondary N) is 1. The molecule has 0 saturated heterocycles. The topological polar surface area (TPSA) is 64.6 Å². The number of amides is 1. The molecule has 0 aromatic heterocycles. The summed E-state index contributed by atoms with van der Waals surface area (Å²) >= 11 is 5.97. The minimum absolute atomic E-state index is 0.185. The van der Waals surface area contributed by atoms with Gasteiger partial charge in [0.25, 0.3) is 0 Å². The number of halogens is 1. The number of anilines is 1. The number of carbonyl (C=O) groups is 2. The van der Waals surface area contributed by atoms with Gasteiger partial charge >= 0.3 is 5.97 Å². The van der Waals surface area contributed by atoms with Crippen molar-refractivity contribution in [2.45, 2.75) is 13.3 Å². The van der Waals surface area contributed by atoms with Crippen LogP contribution in [-0.2, 0) is 9.53 Å². The van der Waals surface area contributed by atoms with Crippen LogP contribution in [0.4, 0.5) is 5.69 Å². The van der Waals surface area contributed by atoms with E-state index >= 15 is 0 Å². The Morgan fingerprint density at radius 3 is 2.46 bits per heavy atom. The maximum atomic E-state index is 11.9. The molecule has 0 atom stereocenters. The quantitative estimate of drug-likeness (QED) is 0.771. The van der Waals surface area contributed by atoms with Gasteiger partial charge in [0, 0.05) is 5.69 Å². The lowest BCUT2D eigenvalue weighted by molar-refractivity contribution is -0.116. The molecule has 0 aliphatic rings. The number of ether oxygens (including phenoxy) is 2. The highest BCUT2D eigenvalue weighted by molar-refractivity contribution is 6.32. The highest BCUT2D eigenvalue weighted by atomic mass is 35.5. The minimum atomic E-state index is -0.386. The molecule has 126 valence electrons. The highest BCUT2D eigenvalue weighted by Gasteiger charge is 2.08. The molecule has 0 heterocycles. The molecule has 0 saturated carbocycles. The van der Waals surface area contributed by atoms with Crippen LogP contribution < -0.4 is 10.1 Å². The van der Waals surface area contributed by atoms with Crippen molar-refractivity contribution >= 4 is 29.2 Å². The summed E-state index contributed by atoms with van der Waals surface area (Å²) in [5.41, 5.74) is 1.04. The summed E-state index contributed by atoms with van der Waals surface area (Å²) in [6, 6.07) is 13.6. The van der Waals surface area contributed by atoms with Crippen molar-refractivity contribution in [3.05, 3.63) is 59.1 Å². The molecule has 2 rings (SSSR count). The normalized spacial score (nSPS) is 10.1. The second-order valence-corrected chi connectivity index (χ2v) is 5.28. The molecule has 6 heteroatoms. The number of carbonyl (C=O) groups excluding carboxylic acids is 2. The summed E-state index contributed by atoms with van der Waals surface area (Å²) in [7, 11) is 0. The lowest BCUT2D eigenvalue weighted by Crippen LogP contribution is -2.15. The van der Waals surface area contributed by atoms with E-state index in [-0.39, 0.29) is 24.9 Å². The van der Waals surface area contributed by atoms with Crippen LogP contribution in [0.1, 0.15) is 23.7 Å². The molecule has 1 N–H and O–H groups in total. The molecule has 0 unspecified atom stereocenters. The standard InChI is InChI=1S/C18H18ClNO4/c1-2-23-18(22)13-7-9-14(10-8-13)20-17(21)11-12-24-16-6-4-3-5-15(16)19/h3-10H,2,11-12H2,1H3,(H,20,21). The number of hydrogen-bond donors (Lipinski definition) is 1. The Bertz CT molecular complexity index is 700. The van der Waals surface area contributed by atoms with Crippen LogP contribution in [0.15, 0.2) is 48.5 Å². The van der Waals surface area contributed by atoms with Crippen LogP contribution in [0.5, 0.6) is 5.75 Å². The zero-order chi connectivity index (χ0) is 17.4. The fraction of sp³-hybridized carbons (Fsp3) is 0.222. The van der Waals surface area contributed by atoms with Gasteiger partial charge < -0.3 is 14.8 Å². The van der Waals surface area contributed by atoms with Crippen molar-refractivity contribution in [2.75, 3.05) is 18.5 Å². The van der Waals surface area contributed by atoms with Gasteiger partial charge in [0.05, 0.1) is 30.2 Å². The summed E-state index contributed by atoms with van der Waals surface area (Å²) in [4.78, 5) is 23.4. The smallest absolute Gasteiger partial charge is 0.338 e. The monoisotopic (exact) mass is 347 g/mol. The van der Waals surface area contributed by atoms with Gasteiger partial charge in [0.2, 0.25) is 5.91 Å². The van der Waals surface area contributed by atoms with E-state index in [1.807, 2.05) is 12.1 Å². The zero-order valence-corrected chi connectivity index (χ0v) is 14.0. The second-order valence-electron chi connectivity index (χ2n) is 4.87. The van der Waals surface area contributed by atoms with Crippen molar-refractivity contribution in [1.82, 2.24) is 0 Å². The van der Waals surface area contributed by atoms with Crippen molar-refractivity contribution in [3.63, 3.8) is 0 Å². The van der Waals surface area contributed by atoms with Crippen molar-refractivity contribution < 1.29 is 19.1 Å². The first-order valence-electron chi connectivity index (χ1n) is 7.54. The van der Waals surface area contributed by atoms with E-state index < -0.39 is 0 Å². The molecule has 5 nitrogen and oxygen atoms in total. The molecule has 2 aromatic carbocycles. The average Bonchev–Trinajstić information content (AvgIpc) is 2.57. The van der Waals surface area contributed by atoms with E-state index in [0.717, 1.165) is 0 Å². The maximum Gasteiger partial charge on any atom is 0.338 e. The molecule has 0 bridgehead atoms. The van der Waals surface area contributed by atoms with E-state index in [4.69, 9.17) is 21.1 Å². The molecular formula is C18H18ClNO4. The zero-order valence-electron chi connectivity index (χ0n) is 13.3. The first-order chi connectivity index (χ1) is 11.6. The third-order valence-electron chi connectivity index (χ3n) is 3.10. The van der Waals surface area contributed by atoms with Crippen LogP contribution in [0.2, 0.25) is 5.02 Å². The predicted octanol–water partition coefficient (Wildman–Crippen LogP) is 3.92. The third-order valence-corrected chi connectivity index (χ3v) is 3.42. The Morgan fingerprint density at radius 2 is 1.79 bits per heavy atom. The summed E-state index contributed by atoms with van der Waals surface area (Å²) < 4.78 is 10.4. The van der Waals surface area contributed by atoms with Gasteiger partial charge in [-0.3, -0.25) is 4.79 Å². The third kappa shape index (κ3) is 5.28. The van der Waals surface area contributed by atoms with E-state index in [1.54, 1.807) is 43.3 Å². The summed E-state index contributed by atoms with van der Waals surface area (Å²) in [5, 5.41) is 3.24. The highest BCUT2D eigenvalue weighted by Crippen LogP contribution is 2.23. The van der Waals surface area contributed by atoms with Gasteiger partial charge in [0.1, 0.15) is 5.75 Å². The molecule has 1 amide bonds. The molecule has 0 radical (unpaired) electrons. The van der Waals surface area contributed by atoms with Gasteiger partial charge in [-0.15, -0.1) is 0 Å². The molecule has 0 aliphatic heterocycles. The van der Waals surface area contributed by atoms with Gasteiger partial charge in [-0.25, -0.2) is 4.79 Å². The molecule has 0 spiro atoms. The Kier molecular flexibility index (Phi) is 6.63. The number of rotatable bonds is 7. The molecular weight excluding hydrogens is 330 g/mol. The van der Waals surface area contributed by atoms with Gasteiger partial charge in [-0.2, -0.15) is 0 Å². The molecule has 24 heavy (non-hydrogen) atoms. The largest absolute Gasteiger partial charge is 0.491 e. The van der Waals surface area contributed by atoms with E-state index in [1.165, 1.54) is 0 Å². The van der Waals surface area contributed by atoms with Crippen LogP contribution in [0.25, 0.3) is 0 Å². The molecule has 0 aliphatic carbocycles. The number of para-hydroxylation sites is 1. The van der Waals surface area contributed by atoms with Gasteiger partial charge in [-0.05, 0) is 43.3 Å². The Morgan fingerprint density at radius 1 is 1.08 bits per heavy atom. The number of esters is 1. The summed E-state index contributed by atoms with van der Waals surface area (Å²) in [6.45, 7) is 2.29. The maximum absolute atomic E-state index is 11.9. The number of hydrogen-bond acceptors (Lipinski definition) is 4. The minimum Gasteiger partial charge on any atom is -0.491 e. The van der Waals surface area contributed by atoms with Crippen LogP contribution in [-0.4, -0.2) is 25.1 Å². The van der Waals surface area contributed by atoms with E-state index in [2.05, 4.69) is 5.32 Å². The Labute approximate surface area is 145 Å². The first kappa shape index (κ1) is 17.8. The van der Waals surface area contributed by atoms with Crippen molar-refractivity contribution in [2.24, 2.45) is 0 Å². The van der Waals surface area contributed by atoms with Crippen LogP contribution in [0, 0.1) is 0 Å². The summed E-state index contributed by atoms with van der Waals surface area (Å²) in [6.07, 6.45) is 0.185. The lowest BCUT2D eigenvalue weighted by Gasteiger charge is -2.09.